The van der Waals surface area contributed by atoms with Gasteiger partial charge in [-0.25, -0.2) is 18.7 Å². The van der Waals surface area contributed by atoms with Crippen molar-refractivity contribution in [2.45, 2.75) is 13.0 Å². The lowest BCUT2D eigenvalue weighted by molar-refractivity contribution is 0.0985. The van der Waals surface area contributed by atoms with E-state index in [1.165, 1.54) is 29.4 Å². The highest BCUT2D eigenvalue weighted by Gasteiger charge is 2.24. The van der Waals surface area contributed by atoms with Crippen molar-refractivity contribution in [1.29, 1.82) is 0 Å². The Morgan fingerprint density at radius 1 is 1.26 bits per heavy atom. The molecule has 6 nitrogen and oxygen atoms in total. The second-order valence-electron chi connectivity index (χ2n) is 6.66. The molecule has 0 atom stereocenters. The maximum absolute atomic E-state index is 13.8. The van der Waals surface area contributed by atoms with Gasteiger partial charge >= 0.3 is 0 Å². The van der Waals surface area contributed by atoms with E-state index in [1.807, 2.05) is 10.8 Å². The van der Waals surface area contributed by atoms with Crippen LogP contribution < -0.4 is 9.64 Å². The van der Waals surface area contributed by atoms with Crippen LogP contribution in [0.4, 0.5) is 13.9 Å². The second kappa shape index (κ2) is 8.99. The fourth-order valence-corrected chi connectivity index (χ4v) is 4.40. The predicted octanol–water partition coefficient (Wildman–Crippen LogP) is 5.17. The lowest BCUT2D eigenvalue weighted by Crippen LogP contribution is -2.32. The zero-order valence-electron chi connectivity index (χ0n) is 16.4. The molecule has 160 valence electrons. The molecule has 10 heteroatoms. The number of ether oxygens (including phenoxy) is 1. The van der Waals surface area contributed by atoms with Crippen LogP contribution >= 0.6 is 22.9 Å². The van der Waals surface area contributed by atoms with E-state index in [-0.39, 0.29) is 5.56 Å². The molecule has 0 aliphatic carbocycles. The quantitative estimate of drug-likeness (QED) is 0.380. The second-order valence-corrected chi connectivity index (χ2v) is 8.05. The molecule has 2 aromatic carbocycles. The van der Waals surface area contributed by atoms with Gasteiger partial charge in [-0.3, -0.25) is 9.69 Å². The Labute approximate surface area is 185 Å². The normalized spacial score (nSPS) is 11.1. The van der Waals surface area contributed by atoms with Crippen molar-refractivity contribution in [1.82, 2.24) is 14.5 Å². The number of thiazole rings is 1. The number of carbonyl (C=O) groups excluding carboxylic acids is 1. The van der Waals surface area contributed by atoms with Crippen molar-refractivity contribution in [3.05, 3.63) is 71.3 Å². The number of aryl methyl sites for hydroxylation is 1. The van der Waals surface area contributed by atoms with Crippen LogP contribution in [0, 0.1) is 11.6 Å². The monoisotopic (exact) mass is 462 g/mol. The topological polar surface area (TPSA) is 60.2 Å². The van der Waals surface area contributed by atoms with E-state index in [0.717, 1.165) is 12.1 Å². The van der Waals surface area contributed by atoms with E-state index in [9.17, 15) is 13.6 Å². The summed E-state index contributed by atoms with van der Waals surface area (Å²) in [6, 6.07) is 6.48. The number of rotatable bonds is 7. The molecule has 2 aromatic heterocycles. The Balaban J connectivity index is 1.70. The Bertz CT molecular complexity index is 1230. The third-order valence-electron chi connectivity index (χ3n) is 4.67. The third-order valence-corrected chi connectivity index (χ3v) is 6.21. The molecule has 0 bridgehead atoms. The number of halogens is 3. The van der Waals surface area contributed by atoms with Crippen molar-refractivity contribution in [3.8, 4) is 5.75 Å². The minimum atomic E-state index is -1.08. The maximum atomic E-state index is 13.8. The molecule has 0 unspecified atom stereocenters. The molecule has 0 spiro atoms. The molecule has 31 heavy (non-hydrogen) atoms. The number of hydrogen-bond acceptors (Lipinski definition) is 5. The van der Waals surface area contributed by atoms with Gasteiger partial charge in [-0.05, 0) is 36.8 Å². The molecule has 4 aromatic rings. The highest BCUT2D eigenvalue weighted by Crippen LogP contribution is 2.39. The summed E-state index contributed by atoms with van der Waals surface area (Å²) < 4.78 is 35.0. The summed E-state index contributed by atoms with van der Waals surface area (Å²) in [6.45, 7) is 0.923. The SMILES string of the molecule is COc1ccc(Cl)c2sc(N(CCCn3ccnc3)C(=O)c3ccc(F)c(F)c3)nc12. The van der Waals surface area contributed by atoms with E-state index in [2.05, 4.69) is 9.97 Å². The molecule has 0 aliphatic rings. The van der Waals surface area contributed by atoms with Crippen molar-refractivity contribution in [2.24, 2.45) is 0 Å². The number of aromatic nitrogens is 3. The molecule has 0 saturated heterocycles. The van der Waals surface area contributed by atoms with Gasteiger partial charge in [0, 0.05) is 31.0 Å². The molecule has 0 fully saturated rings. The summed E-state index contributed by atoms with van der Waals surface area (Å²) in [5.74, 6) is -2.06. The van der Waals surface area contributed by atoms with Crippen molar-refractivity contribution in [3.63, 3.8) is 0 Å². The Hall–Kier alpha value is -3.04. The van der Waals surface area contributed by atoms with Crippen molar-refractivity contribution >= 4 is 44.2 Å². The number of imidazole rings is 1. The van der Waals surface area contributed by atoms with Crippen LogP contribution in [0.15, 0.2) is 49.1 Å². The van der Waals surface area contributed by atoms with Gasteiger partial charge in [0.1, 0.15) is 11.3 Å². The maximum Gasteiger partial charge on any atom is 0.260 e. The highest BCUT2D eigenvalue weighted by molar-refractivity contribution is 7.23. The first-order valence-corrected chi connectivity index (χ1v) is 10.5. The minimum absolute atomic E-state index is 0.0267. The lowest BCUT2D eigenvalue weighted by atomic mass is 10.2. The molecule has 2 heterocycles. The van der Waals surface area contributed by atoms with Gasteiger partial charge in [-0.2, -0.15) is 0 Å². The van der Waals surface area contributed by atoms with E-state index in [0.29, 0.717) is 45.6 Å². The molecule has 0 aliphatic heterocycles. The van der Waals surface area contributed by atoms with Crippen molar-refractivity contribution < 1.29 is 18.3 Å². The van der Waals surface area contributed by atoms with E-state index in [1.54, 1.807) is 24.7 Å². The number of hydrogen-bond donors (Lipinski definition) is 0. The Morgan fingerprint density at radius 2 is 2.10 bits per heavy atom. The number of fused-ring (bicyclic) bond motifs is 1. The van der Waals surface area contributed by atoms with Crippen molar-refractivity contribution in [2.75, 3.05) is 18.6 Å². The number of nitrogens with zero attached hydrogens (tertiary/aromatic N) is 4. The minimum Gasteiger partial charge on any atom is -0.494 e. The number of methoxy groups -OCH3 is 1. The van der Waals surface area contributed by atoms with Gasteiger partial charge in [0.15, 0.2) is 16.8 Å². The number of amides is 1. The summed E-state index contributed by atoms with van der Waals surface area (Å²) in [5, 5.41) is 0.875. The summed E-state index contributed by atoms with van der Waals surface area (Å²) in [6.07, 6.45) is 5.77. The standard InChI is InChI=1S/C21H17ClF2N4O2S/c1-30-17-6-4-14(22)19-18(17)26-21(31-19)28(9-2-8-27-10-7-25-12-27)20(29)13-3-5-15(23)16(24)11-13/h3-7,10-12H,2,8-9H2,1H3. The molecular formula is C21H17ClF2N4O2S. The summed E-state index contributed by atoms with van der Waals surface area (Å²) in [5.41, 5.74) is 0.562. The fourth-order valence-electron chi connectivity index (χ4n) is 3.12. The van der Waals surface area contributed by atoms with E-state index < -0.39 is 17.5 Å². The molecule has 0 saturated carbocycles. The number of carbonyl (C=O) groups is 1. The van der Waals surface area contributed by atoms with Crippen LogP contribution in [0.1, 0.15) is 16.8 Å². The largest absolute Gasteiger partial charge is 0.494 e. The third kappa shape index (κ3) is 4.38. The molecular weight excluding hydrogens is 446 g/mol. The lowest BCUT2D eigenvalue weighted by Gasteiger charge is -2.20. The molecule has 0 N–H and O–H groups in total. The van der Waals surface area contributed by atoms with E-state index in [4.69, 9.17) is 16.3 Å². The van der Waals surface area contributed by atoms with Crippen LogP contribution in [0.25, 0.3) is 10.2 Å². The first-order valence-electron chi connectivity index (χ1n) is 9.33. The molecule has 4 rings (SSSR count). The zero-order valence-corrected chi connectivity index (χ0v) is 18.0. The number of anilines is 1. The van der Waals surface area contributed by atoms with Gasteiger partial charge < -0.3 is 9.30 Å². The predicted molar refractivity (Wildman–Crippen MR) is 116 cm³/mol. The highest BCUT2D eigenvalue weighted by atomic mass is 35.5. The van der Waals surface area contributed by atoms with Crippen LogP contribution in [0.3, 0.4) is 0 Å². The number of benzene rings is 2. The van der Waals surface area contributed by atoms with Gasteiger partial charge in [-0.1, -0.05) is 22.9 Å². The summed E-state index contributed by atoms with van der Waals surface area (Å²) in [7, 11) is 1.52. The smallest absolute Gasteiger partial charge is 0.260 e. The molecule has 1 amide bonds. The van der Waals surface area contributed by atoms with Crippen LogP contribution in [-0.2, 0) is 6.54 Å². The van der Waals surface area contributed by atoms with Gasteiger partial charge in [0.05, 0.1) is 23.2 Å². The van der Waals surface area contributed by atoms with Crippen LogP contribution in [-0.4, -0.2) is 34.1 Å². The van der Waals surface area contributed by atoms with Crippen LogP contribution in [0.5, 0.6) is 5.75 Å². The average Bonchev–Trinajstić information content (AvgIpc) is 3.44. The Morgan fingerprint density at radius 3 is 2.81 bits per heavy atom. The summed E-state index contributed by atoms with van der Waals surface area (Å²) >= 11 is 7.56. The molecule has 0 radical (unpaired) electrons. The average molecular weight is 463 g/mol. The first-order chi connectivity index (χ1) is 15.0. The van der Waals surface area contributed by atoms with E-state index >= 15 is 0 Å². The van der Waals surface area contributed by atoms with Gasteiger partial charge in [0.25, 0.3) is 5.91 Å². The van der Waals surface area contributed by atoms with Gasteiger partial charge in [-0.15, -0.1) is 0 Å². The van der Waals surface area contributed by atoms with Gasteiger partial charge in [0.2, 0.25) is 0 Å². The fraction of sp³-hybridized carbons (Fsp3) is 0.190. The Kier molecular flexibility index (Phi) is 6.15. The summed E-state index contributed by atoms with van der Waals surface area (Å²) in [4.78, 5) is 23.3. The zero-order chi connectivity index (χ0) is 22.0. The van der Waals surface area contributed by atoms with Crippen LogP contribution in [0.2, 0.25) is 5.02 Å². The first kappa shape index (κ1) is 21.2.